The van der Waals surface area contributed by atoms with E-state index in [9.17, 15) is 4.39 Å². The summed E-state index contributed by atoms with van der Waals surface area (Å²) in [5, 5.41) is 3.44. The molecule has 118 valence electrons. The Morgan fingerprint density at radius 3 is 2.95 bits per heavy atom. The molecular weight excluding hydrogens is 273 g/mol. The van der Waals surface area contributed by atoms with Crippen molar-refractivity contribution < 1.29 is 18.6 Å². The third-order valence-corrected chi connectivity index (χ3v) is 3.65. The van der Waals surface area contributed by atoms with E-state index in [-0.39, 0.29) is 23.7 Å². The molecule has 1 aliphatic heterocycles. The third-order valence-electron chi connectivity index (χ3n) is 3.65. The summed E-state index contributed by atoms with van der Waals surface area (Å²) in [6.45, 7) is 4.75. The maximum Gasteiger partial charge on any atom is 0.168 e. The Bertz CT molecular complexity index is 436. The van der Waals surface area contributed by atoms with Gasteiger partial charge in [-0.15, -0.1) is 0 Å². The van der Waals surface area contributed by atoms with Gasteiger partial charge in [-0.3, -0.25) is 0 Å². The first-order valence-corrected chi connectivity index (χ1v) is 7.50. The molecule has 0 amide bonds. The molecule has 0 aromatic heterocycles. The van der Waals surface area contributed by atoms with Crippen LogP contribution in [-0.4, -0.2) is 45.6 Å². The molecule has 0 spiro atoms. The lowest BCUT2D eigenvalue weighted by Crippen LogP contribution is -2.48. The van der Waals surface area contributed by atoms with Crippen LogP contribution in [0.1, 0.15) is 18.9 Å². The predicted molar refractivity (Wildman–Crippen MR) is 79.3 cm³/mol. The first-order chi connectivity index (χ1) is 10.3. The number of hydrogen-bond donors (Lipinski definition) is 1. The first-order valence-electron chi connectivity index (χ1n) is 7.50. The average Bonchev–Trinajstić information content (AvgIpc) is 2.53. The number of benzene rings is 1. The van der Waals surface area contributed by atoms with Crippen LogP contribution in [0, 0.1) is 5.82 Å². The highest BCUT2D eigenvalue weighted by Gasteiger charge is 2.26. The van der Waals surface area contributed by atoms with E-state index < -0.39 is 0 Å². The molecule has 1 aromatic rings. The van der Waals surface area contributed by atoms with Gasteiger partial charge in [-0.2, -0.15) is 0 Å². The van der Waals surface area contributed by atoms with E-state index >= 15 is 0 Å². The predicted octanol–water partition coefficient (Wildman–Crippen LogP) is 2.16. The Morgan fingerprint density at radius 2 is 2.29 bits per heavy atom. The van der Waals surface area contributed by atoms with Gasteiger partial charge in [-0.05, 0) is 31.0 Å². The van der Waals surface area contributed by atoms with Crippen molar-refractivity contribution in [3.63, 3.8) is 0 Å². The second-order valence-corrected chi connectivity index (χ2v) is 5.18. The molecule has 0 saturated carbocycles. The summed E-state index contributed by atoms with van der Waals surface area (Å²) in [5.41, 5.74) is 0.636. The van der Waals surface area contributed by atoms with Gasteiger partial charge in [0.1, 0.15) is 0 Å². The van der Waals surface area contributed by atoms with Gasteiger partial charge in [-0.1, -0.05) is 19.1 Å². The fourth-order valence-electron chi connectivity index (χ4n) is 2.51. The summed E-state index contributed by atoms with van der Waals surface area (Å²) in [4.78, 5) is 0. The van der Waals surface area contributed by atoms with Crippen LogP contribution in [0.3, 0.4) is 0 Å². The maximum absolute atomic E-state index is 14.3. The van der Waals surface area contributed by atoms with E-state index in [0.29, 0.717) is 31.8 Å². The Kier molecular flexibility index (Phi) is 6.42. The number of rotatable bonds is 7. The molecule has 1 saturated heterocycles. The Morgan fingerprint density at radius 1 is 1.43 bits per heavy atom. The standard InChI is InChI=1S/C16H24FNO3/c1-3-7-18-13(15-11-20-8-9-21-15)10-12-5-4-6-14(19-2)16(12)17/h4-6,13,15,18H,3,7-11H2,1-2H3. The number of ether oxygens (including phenoxy) is 3. The molecule has 2 atom stereocenters. The fraction of sp³-hybridized carbons (Fsp3) is 0.625. The van der Waals surface area contributed by atoms with E-state index in [0.717, 1.165) is 13.0 Å². The lowest BCUT2D eigenvalue weighted by Gasteiger charge is -2.31. The van der Waals surface area contributed by atoms with Gasteiger partial charge < -0.3 is 19.5 Å². The molecule has 0 bridgehead atoms. The van der Waals surface area contributed by atoms with Crippen LogP contribution in [0.15, 0.2) is 18.2 Å². The summed E-state index contributed by atoms with van der Waals surface area (Å²) >= 11 is 0. The molecule has 0 aliphatic carbocycles. The summed E-state index contributed by atoms with van der Waals surface area (Å²) in [6, 6.07) is 5.27. The topological polar surface area (TPSA) is 39.7 Å². The Hall–Kier alpha value is -1.17. The second kappa shape index (κ2) is 8.32. The zero-order valence-electron chi connectivity index (χ0n) is 12.7. The Labute approximate surface area is 125 Å². The van der Waals surface area contributed by atoms with Gasteiger partial charge in [0.05, 0.1) is 33.0 Å². The highest BCUT2D eigenvalue weighted by Crippen LogP contribution is 2.22. The van der Waals surface area contributed by atoms with Gasteiger partial charge >= 0.3 is 0 Å². The molecule has 4 nitrogen and oxygen atoms in total. The van der Waals surface area contributed by atoms with E-state index in [1.165, 1.54) is 7.11 Å². The number of hydrogen-bond acceptors (Lipinski definition) is 4. The lowest BCUT2D eigenvalue weighted by molar-refractivity contribution is -0.101. The fourth-order valence-corrected chi connectivity index (χ4v) is 2.51. The molecule has 1 N–H and O–H groups in total. The first kappa shape index (κ1) is 16.2. The van der Waals surface area contributed by atoms with Crippen molar-refractivity contribution in [3.05, 3.63) is 29.6 Å². The van der Waals surface area contributed by atoms with E-state index in [1.54, 1.807) is 12.1 Å². The van der Waals surface area contributed by atoms with E-state index in [2.05, 4.69) is 12.2 Å². The molecule has 1 aromatic carbocycles. The van der Waals surface area contributed by atoms with Crippen molar-refractivity contribution in [2.45, 2.75) is 31.9 Å². The van der Waals surface area contributed by atoms with Gasteiger partial charge in [0.15, 0.2) is 11.6 Å². The maximum atomic E-state index is 14.3. The highest BCUT2D eigenvalue weighted by molar-refractivity contribution is 5.31. The summed E-state index contributed by atoms with van der Waals surface area (Å²) in [5.74, 6) is -0.0115. The molecular formula is C16H24FNO3. The molecule has 1 fully saturated rings. The van der Waals surface area contributed by atoms with Gasteiger partial charge in [0.25, 0.3) is 0 Å². The van der Waals surface area contributed by atoms with Crippen LogP contribution >= 0.6 is 0 Å². The summed E-state index contributed by atoms with van der Waals surface area (Å²) < 4.78 is 30.6. The van der Waals surface area contributed by atoms with Crippen molar-refractivity contribution in [3.8, 4) is 5.75 Å². The molecule has 2 unspecified atom stereocenters. The van der Waals surface area contributed by atoms with Gasteiger partial charge in [0.2, 0.25) is 0 Å². The smallest absolute Gasteiger partial charge is 0.168 e. The second-order valence-electron chi connectivity index (χ2n) is 5.18. The molecule has 1 aliphatic rings. The van der Waals surface area contributed by atoms with Crippen LogP contribution in [0.25, 0.3) is 0 Å². The van der Waals surface area contributed by atoms with Gasteiger partial charge in [-0.25, -0.2) is 4.39 Å². The van der Waals surface area contributed by atoms with Crippen LogP contribution < -0.4 is 10.1 Å². The number of nitrogens with one attached hydrogen (secondary N) is 1. The van der Waals surface area contributed by atoms with Crippen LogP contribution in [0.2, 0.25) is 0 Å². The van der Waals surface area contributed by atoms with Crippen molar-refractivity contribution in [2.75, 3.05) is 33.5 Å². The highest BCUT2D eigenvalue weighted by atomic mass is 19.1. The zero-order chi connectivity index (χ0) is 15.1. The largest absolute Gasteiger partial charge is 0.494 e. The van der Waals surface area contributed by atoms with Crippen molar-refractivity contribution in [2.24, 2.45) is 0 Å². The average molecular weight is 297 g/mol. The molecule has 21 heavy (non-hydrogen) atoms. The minimum Gasteiger partial charge on any atom is -0.494 e. The molecule has 1 heterocycles. The Balaban J connectivity index is 2.10. The molecule has 0 radical (unpaired) electrons. The summed E-state index contributed by atoms with van der Waals surface area (Å²) in [6.07, 6.45) is 1.53. The summed E-state index contributed by atoms with van der Waals surface area (Å²) in [7, 11) is 1.48. The van der Waals surface area contributed by atoms with Crippen molar-refractivity contribution >= 4 is 0 Å². The minimum atomic E-state index is -0.292. The van der Waals surface area contributed by atoms with Crippen molar-refractivity contribution in [1.82, 2.24) is 5.32 Å². The quantitative estimate of drug-likeness (QED) is 0.837. The normalized spacial score (nSPS) is 20.2. The van der Waals surface area contributed by atoms with Crippen LogP contribution in [0.5, 0.6) is 5.75 Å². The zero-order valence-corrected chi connectivity index (χ0v) is 12.7. The number of halogens is 1. The third kappa shape index (κ3) is 4.40. The number of methoxy groups -OCH3 is 1. The van der Waals surface area contributed by atoms with E-state index in [1.807, 2.05) is 6.07 Å². The SMILES string of the molecule is CCCNC(Cc1cccc(OC)c1F)C1COCCO1. The monoisotopic (exact) mass is 297 g/mol. The van der Waals surface area contributed by atoms with Gasteiger partial charge in [0, 0.05) is 6.04 Å². The van der Waals surface area contributed by atoms with Crippen LogP contribution in [-0.2, 0) is 15.9 Å². The van der Waals surface area contributed by atoms with E-state index in [4.69, 9.17) is 14.2 Å². The minimum absolute atomic E-state index is 0.0341. The molecule has 2 rings (SSSR count). The van der Waals surface area contributed by atoms with Crippen LogP contribution in [0.4, 0.5) is 4.39 Å². The molecule has 5 heteroatoms. The van der Waals surface area contributed by atoms with Crippen molar-refractivity contribution in [1.29, 1.82) is 0 Å². The lowest BCUT2D eigenvalue weighted by atomic mass is 10.00.